The third-order valence-corrected chi connectivity index (χ3v) is 8.79. The lowest BCUT2D eigenvalue weighted by atomic mass is 9.80. The average molecular weight is 591 g/mol. The monoisotopic (exact) mass is 590 g/mol. The first-order chi connectivity index (χ1) is 21.3. The molecule has 0 aliphatic rings. The van der Waals surface area contributed by atoms with E-state index in [9.17, 15) is 0 Å². The summed E-state index contributed by atoms with van der Waals surface area (Å²) in [6, 6.07) is 20.7. The number of aryl methyl sites for hydroxylation is 2. The van der Waals surface area contributed by atoms with Crippen molar-refractivity contribution in [2.45, 2.75) is 98.4 Å². The van der Waals surface area contributed by atoms with E-state index in [1.54, 1.807) is 6.20 Å². The molecule has 0 unspecified atom stereocenters. The Labute approximate surface area is 266 Å². The smallest absolute Gasteiger partial charge is 0.0542 e. The van der Waals surface area contributed by atoms with Crippen LogP contribution in [0.5, 0.6) is 0 Å². The number of nitrogens with zero attached hydrogens (tertiary/aromatic N) is 2. The van der Waals surface area contributed by atoms with Crippen molar-refractivity contribution in [2.24, 2.45) is 5.41 Å². The fourth-order valence-electron chi connectivity index (χ4n) is 6.50. The van der Waals surface area contributed by atoms with Gasteiger partial charge in [-0.05, 0) is 103 Å². The first kappa shape index (κ1) is 33.3. The number of pyridine rings is 1. The standard InChI is InChI=1S/C40H54N4/c1-8-11-24-40(6,7)29-36-35-28-33(32-20-16-19-31(27-32)18-14-12-13-15-26-43-42-9-2)22-23-37(35)44(10-3)39(36)34-21-17-25-41-38(34)30(4)5/h8-9,16-17,19-23,25,27-28,30,42-43H,1-2,10-15,18,24,26,29H2,3-7H3. The van der Waals surface area contributed by atoms with Crippen LogP contribution in [0.2, 0.25) is 0 Å². The van der Waals surface area contributed by atoms with Crippen LogP contribution >= 0.6 is 0 Å². The molecule has 4 heteroatoms. The van der Waals surface area contributed by atoms with Crippen LogP contribution in [0.4, 0.5) is 0 Å². The van der Waals surface area contributed by atoms with E-state index in [1.165, 1.54) is 75.8 Å². The molecule has 2 aromatic carbocycles. The summed E-state index contributed by atoms with van der Waals surface area (Å²) >= 11 is 0. The Morgan fingerprint density at radius 2 is 1.75 bits per heavy atom. The minimum atomic E-state index is 0.143. The molecule has 234 valence electrons. The van der Waals surface area contributed by atoms with Gasteiger partial charge in [0, 0.05) is 42.0 Å². The molecular formula is C40H54N4. The lowest BCUT2D eigenvalue weighted by Gasteiger charge is -2.25. The van der Waals surface area contributed by atoms with Gasteiger partial charge in [0.05, 0.1) is 11.4 Å². The highest BCUT2D eigenvalue weighted by molar-refractivity contribution is 5.95. The minimum Gasteiger partial charge on any atom is -0.340 e. The summed E-state index contributed by atoms with van der Waals surface area (Å²) in [5.74, 6) is 0.348. The summed E-state index contributed by atoms with van der Waals surface area (Å²) in [6.45, 7) is 21.1. The van der Waals surface area contributed by atoms with E-state index in [4.69, 9.17) is 4.98 Å². The summed E-state index contributed by atoms with van der Waals surface area (Å²) in [6.07, 6.45) is 14.8. The largest absolute Gasteiger partial charge is 0.340 e. The summed E-state index contributed by atoms with van der Waals surface area (Å²) in [7, 11) is 0. The van der Waals surface area contributed by atoms with Crippen LogP contribution in [-0.2, 0) is 19.4 Å². The van der Waals surface area contributed by atoms with Gasteiger partial charge in [-0.2, -0.15) is 0 Å². The number of hydrogen-bond acceptors (Lipinski definition) is 3. The van der Waals surface area contributed by atoms with E-state index in [1.807, 2.05) is 6.20 Å². The zero-order valence-electron chi connectivity index (χ0n) is 27.9. The van der Waals surface area contributed by atoms with Gasteiger partial charge >= 0.3 is 0 Å². The molecule has 4 rings (SSSR count). The molecule has 0 saturated heterocycles. The molecule has 0 aliphatic heterocycles. The predicted octanol–water partition coefficient (Wildman–Crippen LogP) is 10.4. The fourth-order valence-corrected chi connectivity index (χ4v) is 6.50. The van der Waals surface area contributed by atoms with Crippen LogP contribution in [0.25, 0.3) is 33.3 Å². The number of hydrogen-bond donors (Lipinski definition) is 2. The predicted molar refractivity (Wildman–Crippen MR) is 191 cm³/mol. The molecule has 0 spiro atoms. The van der Waals surface area contributed by atoms with Gasteiger partial charge in [-0.25, -0.2) is 5.43 Å². The Balaban J connectivity index is 1.71. The third kappa shape index (κ3) is 8.30. The van der Waals surface area contributed by atoms with Crippen molar-refractivity contribution in [2.75, 3.05) is 6.54 Å². The third-order valence-electron chi connectivity index (χ3n) is 8.79. The molecule has 0 bridgehead atoms. The van der Waals surface area contributed by atoms with E-state index in [0.717, 1.165) is 38.8 Å². The van der Waals surface area contributed by atoms with Gasteiger partial charge in [-0.15, -0.1) is 6.58 Å². The molecule has 0 amide bonds. The topological polar surface area (TPSA) is 41.9 Å². The maximum Gasteiger partial charge on any atom is 0.0542 e. The van der Waals surface area contributed by atoms with E-state index in [2.05, 4.69) is 124 Å². The number of allylic oxidation sites excluding steroid dienone is 1. The molecule has 4 nitrogen and oxygen atoms in total. The van der Waals surface area contributed by atoms with E-state index in [-0.39, 0.29) is 5.41 Å². The Hall–Kier alpha value is -3.63. The Morgan fingerprint density at radius 3 is 2.50 bits per heavy atom. The second-order valence-electron chi connectivity index (χ2n) is 13.2. The molecule has 0 aliphatic carbocycles. The summed E-state index contributed by atoms with van der Waals surface area (Å²) in [4.78, 5) is 4.88. The average Bonchev–Trinajstić information content (AvgIpc) is 3.33. The Bertz CT molecular complexity index is 1520. The highest BCUT2D eigenvalue weighted by Gasteiger charge is 2.27. The van der Waals surface area contributed by atoms with Crippen molar-refractivity contribution < 1.29 is 0 Å². The van der Waals surface area contributed by atoms with E-state index in [0.29, 0.717) is 5.92 Å². The normalized spacial score (nSPS) is 11.8. The zero-order chi connectivity index (χ0) is 31.5. The van der Waals surface area contributed by atoms with Crippen LogP contribution in [0.15, 0.2) is 86.2 Å². The number of hydrazine groups is 1. The maximum absolute atomic E-state index is 4.88. The molecule has 0 radical (unpaired) electrons. The molecule has 4 aromatic rings. The summed E-state index contributed by atoms with van der Waals surface area (Å²) in [5, 5.41) is 1.37. The van der Waals surface area contributed by atoms with Crippen LogP contribution in [-0.4, -0.2) is 16.1 Å². The van der Waals surface area contributed by atoms with Gasteiger partial charge < -0.3 is 9.99 Å². The molecule has 0 fully saturated rings. The first-order valence-corrected chi connectivity index (χ1v) is 16.7. The van der Waals surface area contributed by atoms with E-state index >= 15 is 0 Å². The van der Waals surface area contributed by atoms with Crippen molar-refractivity contribution in [3.8, 4) is 22.4 Å². The summed E-state index contributed by atoms with van der Waals surface area (Å²) < 4.78 is 2.53. The fraction of sp³-hybridized carbons (Fsp3) is 0.425. The van der Waals surface area contributed by atoms with Crippen molar-refractivity contribution in [3.63, 3.8) is 0 Å². The number of fused-ring (bicyclic) bond motifs is 1. The lowest BCUT2D eigenvalue weighted by molar-refractivity contribution is 0.337. The van der Waals surface area contributed by atoms with Gasteiger partial charge in [0.15, 0.2) is 0 Å². The second-order valence-corrected chi connectivity index (χ2v) is 13.2. The number of benzene rings is 2. The van der Waals surface area contributed by atoms with Crippen molar-refractivity contribution in [3.05, 3.63) is 103 Å². The van der Waals surface area contributed by atoms with Crippen molar-refractivity contribution in [1.29, 1.82) is 0 Å². The number of rotatable bonds is 18. The molecule has 2 N–H and O–H groups in total. The van der Waals surface area contributed by atoms with Crippen molar-refractivity contribution >= 4 is 10.9 Å². The van der Waals surface area contributed by atoms with Crippen LogP contribution in [0, 0.1) is 5.41 Å². The molecular weight excluding hydrogens is 536 g/mol. The van der Waals surface area contributed by atoms with Gasteiger partial charge in [0.25, 0.3) is 0 Å². The first-order valence-electron chi connectivity index (χ1n) is 16.7. The van der Waals surface area contributed by atoms with E-state index < -0.39 is 0 Å². The second kappa shape index (κ2) is 15.9. The molecule has 0 atom stereocenters. The SMILES string of the molecule is C=CCCC(C)(C)Cc1c(-c2cccnc2C(C)C)n(CC)c2ccc(-c3cccc(CCCCCCNNC=C)c3)cc12. The minimum absolute atomic E-state index is 0.143. The summed E-state index contributed by atoms with van der Waals surface area (Å²) in [5.41, 5.74) is 16.8. The zero-order valence-corrected chi connectivity index (χ0v) is 27.9. The Morgan fingerprint density at radius 1 is 0.955 bits per heavy atom. The van der Waals surface area contributed by atoms with Gasteiger partial charge in [0.1, 0.15) is 0 Å². The van der Waals surface area contributed by atoms with Crippen molar-refractivity contribution in [1.82, 2.24) is 20.4 Å². The molecule has 0 saturated carbocycles. The number of unbranched alkanes of at least 4 members (excludes halogenated alkanes) is 3. The Kier molecular flexibility index (Phi) is 12.0. The highest BCUT2D eigenvalue weighted by Crippen LogP contribution is 2.42. The van der Waals surface area contributed by atoms with Gasteiger partial charge in [-0.1, -0.05) is 83.5 Å². The highest BCUT2D eigenvalue weighted by atomic mass is 15.3. The number of nitrogens with one attached hydrogen (secondary N) is 2. The van der Waals surface area contributed by atoms with Gasteiger partial charge in [-0.3, -0.25) is 4.98 Å². The molecule has 44 heavy (non-hydrogen) atoms. The maximum atomic E-state index is 4.88. The number of aromatic nitrogens is 2. The van der Waals surface area contributed by atoms with Gasteiger partial charge in [0.2, 0.25) is 0 Å². The lowest BCUT2D eigenvalue weighted by Crippen LogP contribution is -2.27. The molecule has 2 heterocycles. The van der Waals surface area contributed by atoms with Crippen LogP contribution in [0.1, 0.15) is 95.9 Å². The quantitative estimate of drug-likeness (QED) is 0.0688. The van der Waals surface area contributed by atoms with Crippen LogP contribution < -0.4 is 10.9 Å². The molecule has 2 aromatic heterocycles. The van der Waals surface area contributed by atoms with Crippen LogP contribution in [0.3, 0.4) is 0 Å².